The van der Waals surface area contributed by atoms with Crippen molar-refractivity contribution in [2.24, 2.45) is 0 Å². The van der Waals surface area contributed by atoms with Crippen LogP contribution in [0, 0.1) is 0 Å². The lowest BCUT2D eigenvalue weighted by Crippen LogP contribution is -1.97. The molecule has 5 aromatic carbocycles. The number of benzene rings is 5. The largest absolute Gasteiger partial charge is 0.507 e. The van der Waals surface area contributed by atoms with E-state index in [0.717, 1.165) is 48.3 Å². The number of halogens is 1. The van der Waals surface area contributed by atoms with Crippen LogP contribution in [0.3, 0.4) is 0 Å². The third-order valence-electron chi connectivity index (χ3n) is 5.41. The standard InChI is InChI=1S/C26H18BrNO/c27-22-12-6-5-11-20(22)21-15-17-8-2-4-10-19(17)25(26(21)28)24-18-9-3-1-7-16(18)13-14-23(24)29/h1-15,29H,28H2. The molecule has 0 atom stereocenters. The normalized spacial score (nSPS) is 11.2. The molecule has 0 radical (unpaired) electrons. The van der Waals surface area contributed by atoms with Gasteiger partial charge in [0.05, 0.1) is 0 Å². The summed E-state index contributed by atoms with van der Waals surface area (Å²) in [6, 6.07) is 30.1. The summed E-state index contributed by atoms with van der Waals surface area (Å²) in [5.74, 6) is 0.227. The molecule has 29 heavy (non-hydrogen) atoms. The molecule has 3 heteroatoms. The minimum atomic E-state index is 0.227. The first-order valence-electron chi connectivity index (χ1n) is 9.42. The molecule has 0 unspecified atom stereocenters. The predicted octanol–water partition coefficient (Wildman–Crippen LogP) is 7.38. The summed E-state index contributed by atoms with van der Waals surface area (Å²) in [5.41, 5.74) is 11.1. The van der Waals surface area contributed by atoms with E-state index >= 15 is 0 Å². The van der Waals surface area contributed by atoms with Crippen LogP contribution in [0.4, 0.5) is 5.69 Å². The number of aromatic hydroxyl groups is 1. The van der Waals surface area contributed by atoms with Gasteiger partial charge >= 0.3 is 0 Å². The lowest BCUT2D eigenvalue weighted by atomic mass is 9.88. The first-order chi connectivity index (χ1) is 14.1. The van der Waals surface area contributed by atoms with Crippen LogP contribution in [0.15, 0.2) is 95.5 Å². The lowest BCUT2D eigenvalue weighted by molar-refractivity contribution is 0.478. The molecule has 0 aliphatic rings. The second-order valence-corrected chi connectivity index (χ2v) is 7.95. The number of fused-ring (bicyclic) bond motifs is 2. The molecule has 0 aliphatic heterocycles. The average Bonchev–Trinajstić information content (AvgIpc) is 2.75. The zero-order valence-electron chi connectivity index (χ0n) is 15.6. The van der Waals surface area contributed by atoms with Gasteiger partial charge in [-0.3, -0.25) is 0 Å². The summed E-state index contributed by atoms with van der Waals surface area (Å²) in [5, 5.41) is 15.0. The molecule has 2 nitrogen and oxygen atoms in total. The fraction of sp³-hybridized carbons (Fsp3) is 0. The van der Waals surface area contributed by atoms with Gasteiger partial charge in [-0.2, -0.15) is 0 Å². The molecule has 0 amide bonds. The Bertz CT molecular complexity index is 1390. The van der Waals surface area contributed by atoms with Crippen molar-refractivity contribution in [2.45, 2.75) is 0 Å². The van der Waals surface area contributed by atoms with Crippen LogP contribution >= 0.6 is 15.9 Å². The fourth-order valence-electron chi connectivity index (χ4n) is 4.06. The number of phenolic OH excluding ortho intramolecular Hbond substituents is 1. The number of anilines is 1. The maximum Gasteiger partial charge on any atom is 0.124 e. The molecule has 5 rings (SSSR count). The van der Waals surface area contributed by atoms with Crippen molar-refractivity contribution in [1.29, 1.82) is 0 Å². The van der Waals surface area contributed by atoms with Crippen molar-refractivity contribution in [3.63, 3.8) is 0 Å². The molecular formula is C26H18BrNO. The minimum Gasteiger partial charge on any atom is -0.507 e. The van der Waals surface area contributed by atoms with Gasteiger partial charge in [0.2, 0.25) is 0 Å². The Labute approximate surface area is 177 Å². The van der Waals surface area contributed by atoms with Crippen molar-refractivity contribution in [3.8, 4) is 28.0 Å². The summed E-state index contributed by atoms with van der Waals surface area (Å²) >= 11 is 3.66. The molecule has 140 valence electrons. The van der Waals surface area contributed by atoms with Crippen LogP contribution in [0.1, 0.15) is 0 Å². The van der Waals surface area contributed by atoms with Crippen LogP contribution in [0.5, 0.6) is 5.75 Å². The molecule has 5 aromatic rings. The Morgan fingerprint density at radius 1 is 0.621 bits per heavy atom. The molecular weight excluding hydrogens is 422 g/mol. The van der Waals surface area contributed by atoms with Crippen molar-refractivity contribution in [2.75, 3.05) is 5.73 Å². The van der Waals surface area contributed by atoms with Gasteiger partial charge in [-0.05, 0) is 45.3 Å². The van der Waals surface area contributed by atoms with E-state index in [9.17, 15) is 5.11 Å². The van der Waals surface area contributed by atoms with E-state index in [1.165, 1.54) is 0 Å². The molecule has 0 aromatic heterocycles. The quantitative estimate of drug-likeness (QED) is 0.282. The molecule has 0 aliphatic carbocycles. The second kappa shape index (κ2) is 6.94. The van der Waals surface area contributed by atoms with E-state index < -0.39 is 0 Å². The highest BCUT2D eigenvalue weighted by molar-refractivity contribution is 9.10. The zero-order valence-corrected chi connectivity index (χ0v) is 17.1. The maximum absolute atomic E-state index is 10.9. The average molecular weight is 440 g/mol. The third kappa shape index (κ3) is 2.86. The van der Waals surface area contributed by atoms with Crippen LogP contribution in [0.25, 0.3) is 43.8 Å². The molecule has 0 spiro atoms. The summed E-state index contributed by atoms with van der Waals surface area (Å²) in [7, 11) is 0. The van der Waals surface area contributed by atoms with Crippen LogP contribution < -0.4 is 5.73 Å². The lowest BCUT2D eigenvalue weighted by Gasteiger charge is -2.18. The fourth-order valence-corrected chi connectivity index (χ4v) is 4.56. The summed E-state index contributed by atoms with van der Waals surface area (Å²) in [4.78, 5) is 0. The second-order valence-electron chi connectivity index (χ2n) is 7.09. The van der Waals surface area contributed by atoms with Gasteiger partial charge < -0.3 is 10.8 Å². The molecule has 0 saturated heterocycles. The van der Waals surface area contributed by atoms with Gasteiger partial charge in [0.15, 0.2) is 0 Å². The monoisotopic (exact) mass is 439 g/mol. The molecule has 0 bridgehead atoms. The topological polar surface area (TPSA) is 46.2 Å². The molecule has 0 fully saturated rings. The van der Waals surface area contributed by atoms with Crippen LogP contribution in [0.2, 0.25) is 0 Å². The third-order valence-corrected chi connectivity index (χ3v) is 6.10. The minimum absolute atomic E-state index is 0.227. The highest BCUT2D eigenvalue weighted by atomic mass is 79.9. The van der Waals surface area contributed by atoms with Gasteiger partial charge in [0.1, 0.15) is 5.75 Å². The Hall–Kier alpha value is -3.30. The predicted molar refractivity (Wildman–Crippen MR) is 126 cm³/mol. The van der Waals surface area contributed by atoms with Crippen molar-refractivity contribution >= 4 is 43.2 Å². The number of nitrogens with two attached hydrogens (primary N) is 1. The van der Waals surface area contributed by atoms with Crippen LogP contribution in [-0.2, 0) is 0 Å². The van der Waals surface area contributed by atoms with Crippen molar-refractivity contribution < 1.29 is 5.11 Å². The molecule has 0 heterocycles. The van der Waals surface area contributed by atoms with Gasteiger partial charge in [0, 0.05) is 26.9 Å². The number of hydrogen-bond acceptors (Lipinski definition) is 2. The van der Waals surface area contributed by atoms with Crippen molar-refractivity contribution in [3.05, 3.63) is 95.5 Å². The van der Waals surface area contributed by atoms with E-state index in [0.29, 0.717) is 5.69 Å². The van der Waals surface area contributed by atoms with Crippen LogP contribution in [-0.4, -0.2) is 5.11 Å². The Morgan fingerprint density at radius 2 is 1.24 bits per heavy atom. The van der Waals surface area contributed by atoms with Gasteiger partial charge in [-0.15, -0.1) is 0 Å². The van der Waals surface area contributed by atoms with Gasteiger partial charge in [-0.1, -0.05) is 88.7 Å². The highest BCUT2D eigenvalue weighted by Crippen LogP contribution is 2.47. The van der Waals surface area contributed by atoms with Crippen molar-refractivity contribution in [1.82, 2.24) is 0 Å². The summed E-state index contributed by atoms with van der Waals surface area (Å²) in [6.07, 6.45) is 0. The maximum atomic E-state index is 10.9. The first-order valence-corrected chi connectivity index (χ1v) is 10.2. The number of nitrogen functional groups attached to an aromatic ring is 1. The Morgan fingerprint density at radius 3 is 2.00 bits per heavy atom. The summed E-state index contributed by atoms with van der Waals surface area (Å²) in [6.45, 7) is 0. The Kier molecular flexibility index (Phi) is 4.26. The number of rotatable bonds is 2. The molecule has 0 saturated carbocycles. The Balaban J connectivity index is 1.97. The number of hydrogen-bond donors (Lipinski definition) is 2. The van der Waals surface area contributed by atoms with E-state index in [2.05, 4.69) is 40.2 Å². The molecule has 3 N–H and O–H groups in total. The number of phenols is 1. The van der Waals surface area contributed by atoms with E-state index in [1.807, 2.05) is 60.7 Å². The van der Waals surface area contributed by atoms with E-state index in [1.54, 1.807) is 6.07 Å². The highest BCUT2D eigenvalue weighted by Gasteiger charge is 2.19. The van der Waals surface area contributed by atoms with E-state index in [-0.39, 0.29) is 5.75 Å². The summed E-state index contributed by atoms with van der Waals surface area (Å²) < 4.78 is 0.982. The first kappa shape index (κ1) is 17.8. The van der Waals surface area contributed by atoms with Gasteiger partial charge in [-0.25, -0.2) is 0 Å². The smallest absolute Gasteiger partial charge is 0.124 e. The SMILES string of the molecule is Nc1c(-c2ccccc2Br)cc2ccccc2c1-c1c(O)ccc2ccccc12. The zero-order chi connectivity index (χ0) is 20.0. The van der Waals surface area contributed by atoms with E-state index in [4.69, 9.17) is 5.73 Å². The van der Waals surface area contributed by atoms with Gasteiger partial charge in [0.25, 0.3) is 0 Å².